The molecule has 0 aromatic carbocycles. The third-order valence-electron chi connectivity index (χ3n) is 1.54. The largest absolute Gasteiger partial charge is 0.505 e. The number of amides is 1. The molecule has 2 N–H and O–H groups in total. The van der Waals surface area contributed by atoms with Gasteiger partial charge in [-0.3, -0.25) is 4.79 Å². The number of nitrogens with zero attached hydrogens (tertiary/aromatic N) is 1. The first kappa shape index (κ1) is 9.51. The zero-order valence-electron chi connectivity index (χ0n) is 7.45. The van der Waals surface area contributed by atoms with E-state index in [0.717, 1.165) is 6.42 Å². The molecule has 1 heterocycles. The number of pyridine rings is 1. The van der Waals surface area contributed by atoms with Gasteiger partial charge in [0.2, 0.25) is 0 Å². The Labute approximate surface area is 76.6 Å². The molecule has 0 radical (unpaired) electrons. The van der Waals surface area contributed by atoms with Gasteiger partial charge >= 0.3 is 0 Å². The van der Waals surface area contributed by atoms with E-state index in [9.17, 15) is 9.90 Å². The van der Waals surface area contributed by atoms with Crippen LogP contribution in [-0.2, 0) is 0 Å². The van der Waals surface area contributed by atoms with Gasteiger partial charge in [-0.25, -0.2) is 4.98 Å². The molecule has 0 aliphatic carbocycles. The fourth-order valence-electron chi connectivity index (χ4n) is 0.894. The van der Waals surface area contributed by atoms with Crippen molar-refractivity contribution in [2.45, 2.75) is 13.3 Å². The van der Waals surface area contributed by atoms with Crippen LogP contribution in [0.15, 0.2) is 18.3 Å². The topological polar surface area (TPSA) is 62.2 Å². The average molecular weight is 180 g/mol. The summed E-state index contributed by atoms with van der Waals surface area (Å²) in [6.07, 6.45) is 2.33. The Kier molecular flexibility index (Phi) is 3.25. The summed E-state index contributed by atoms with van der Waals surface area (Å²) in [6, 6.07) is 3.01. The summed E-state index contributed by atoms with van der Waals surface area (Å²) in [7, 11) is 0. The van der Waals surface area contributed by atoms with Crippen molar-refractivity contribution in [1.29, 1.82) is 0 Å². The summed E-state index contributed by atoms with van der Waals surface area (Å²) in [5, 5.41) is 11.9. The van der Waals surface area contributed by atoms with E-state index in [-0.39, 0.29) is 17.4 Å². The number of rotatable bonds is 3. The highest BCUT2D eigenvalue weighted by Gasteiger charge is 2.10. The van der Waals surface area contributed by atoms with Crippen LogP contribution in [0.5, 0.6) is 5.75 Å². The highest BCUT2D eigenvalue weighted by atomic mass is 16.3. The highest BCUT2D eigenvalue weighted by Crippen LogP contribution is 2.11. The monoisotopic (exact) mass is 180 g/mol. The first-order valence-electron chi connectivity index (χ1n) is 4.18. The van der Waals surface area contributed by atoms with Crippen LogP contribution in [0.4, 0.5) is 0 Å². The van der Waals surface area contributed by atoms with Gasteiger partial charge in [0.25, 0.3) is 5.91 Å². The van der Waals surface area contributed by atoms with Crippen LogP contribution >= 0.6 is 0 Å². The summed E-state index contributed by atoms with van der Waals surface area (Å²) in [6.45, 7) is 2.55. The smallest absolute Gasteiger partial charge is 0.273 e. The predicted octanol–water partition coefficient (Wildman–Crippen LogP) is 0.927. The molecule has 0 atom stereocenters. The van der Waals surface area contributed by atoms with Crippen LogP contribution in [0.1, 0.15) is 23.8 Å². The molecule has 1 aromatic rings. The van der Waals surface area contributed by atoms with Gasteiger partial charge in [-0.2, -0.15) is 0 Å². The normalized spacial score (nSPS) is 9.62. The van der Waals surface area contributed by atoms with Gasteiger partial charge < -0.3 is 10.4 Å². The second-order valence-electron chi connectivity index (χ2n) is 2.63. The third kappa shape index (κ3) is 2.43. The second-order valence-corrected chi connectivity index (χ2v) is 2.63. The molecule has 1 amide bonds. The number of aromatic nitrogens is 1. The van der Waals surface area contributed by atoms with Crippen LogP contribution in [0, 0.1) is 0 Å². The van der Waals surface area contributed by atoms with Crippen LogP contribution in [-0.4, -0.2) is 22.5 Å². The van der Waals surface area contributed by atoms with Gasteiger partial charge in [0.05, 0.1) is 0 Å². The molecule has 1 aromatic heterocycles. The van der Waals surface area contributed by atoms with Gasteiger partial charge in [-0.1, -0.05) is 6.92 Å². The SMILES string of the molecule is CCCNC(=O)c1ncccc1O. The van der Waals surface area contributed by atoms with Crippen molar-refractivity contribution >= 4 is 5.91 Å². The van der Waals surface area contributed by atoms with Crippen LogP contribution in [0.3, 0.4) is 0 Å². The highest BCUT2D eigenvalue weighted by molar-refractivity contribution is 5.94. The predicted molar refractivity (Wildman–Crippen MR) is 48.5 cm³/mol. The molecule has 0 bridgehead atoms. The Bertz CT molecular complexity index is 299. The van der Waals surface area contributed by atoms with E-state index in [4.69, 9.17) is 0 Å². The van der Waals surface area contributed by atoms with Crippen molar-refractivity contribution in [3.05, 3.63) is 24.0 Å². The van der Waals surface area contributed by atoms with E-state index in [1.165, 1.54) is 12.3 Å². The zero-order valence-corrected chi connectivity index (χ0v) is 7.45. The van der Waals surface area contributed by atoms with E-state index in [0.29, 0.717) is 6.54 Å². The first-order valence-corrected chi connectivity index (χ1v) is 4.18. The minimum absolute atomic E-state index is 0.0796. The van der Waals surface area contributed by atoms with E-state index in [1.807, 2.05) is 6.92 Å². The van der Waals surface area contributed by atoms with E-state index < -0.39 is 0 Å². The molecule has 4 heteroatoms. The lowest BCUT2D eigenvalue weighted by Gasteiger charge is -2.03. The number of carbonyl (C=O) groups is 1. The molecule has 0 aliphatic heterocycles. The Hall–Kier alpha value is -1.58. The average Bonchev–Trinajstić information content (AvgIpc) is 2.15. The third-order valence-corrected chi connectivity index (χ3v) is 1.54. The Morgan fingerprint density at radius 2 is 2.46 bits per heavy atom. The maximum atomic E-state index is 11.3. The van der Waals surface area contributed by atoms with Crippen molar-refractivity contribution < 1.29 is 9.90 Å². The molecule has 0 unspecified atom stereocenters. The molecule has 0 fully saturated rings. The lowest BCUT2D eigenvalue weighted by molar-refractivity contribution is 0.0946. The molecular weight excluding hydrogens is 168 g/mol. The molecule has 4 nitrogen and oxygen atoms in total. The first-order chi connectivity index (χ1) is 6.25. The zero-order chi connectivity index (χ0) is 9.68. The minimum Gasteiger partial charge on any atom is -0.505 e. The van der Waals surface area contributed by atoms with Crippen molar-refractivity contribution in [1.82, 2.24) is 10.3 Å². The van der Waals surface area contributed by atoms with Crippen molar-refractivity contribution in [2.24, 2.45) is 0 Å². The van der Waals surface area contributed by atoms with Gasteiger partial charge in [0.1, 0.15) is 5.75 Å². The van der Waals surface area contributed by atoms with Gasteiger partial charge in [-0.05, 0) is 18.6 Å². The van der Waals surface area contributed by atoms with Crippen molar-refractivity contribution in [3.63, 3.8) is 0 Å². The van der Waals surface area contributed by atoms with Crippen LogP contribution < -0.4 is 5.32 Å². The fraction of sp³-hybridized carbons (Fsp3) is 0.333. The molecule has 0 saturated carbocycles. The van der Waals surface area contributed by atoms with Gasteiger partial charge in [-0.15, -0.1) is 0 Å². The van der Waals surface area contributed by atoms with Crippen LogP contribution in [0.25, 0.3) is 0 Å². The van der Waals surface area contributed by atoms with Crippen molar-refractivity contribution in [3.8, 4) is 5.75 Å². The molecular formula is C9H12N2O2. The Morgan fingerprint density at radius 3 is 3.08 bits per heavy atom. The summed E-state index contributed by atoms with van der Waals surface area (Å²) >= 11 is 0. The molecule has 0 aliphatic rings. The summed E-state index contributed by atoms with van der Waals surface area (Å²) in [4.78, 5) is 15.1. The number of aromatic hydroxyl groups is 1. The standard InChI is InChI=1S/C9H12N2O2/c1-2-5-11-9(13)8-7(12)4-3-6-10-8/h3-4,6,12H,2,5H2,1H3,(H,11,13). The van der Waals surface area contributed by atoms with E-state index in [2.05, 4.69) is 10.3 Å². The Balaban J connectivity index is 2.71. The van der Waals surface area contributed by atoms with Gasteiger partial charge in [0, 0.05) is 12.7 Å². The fourth-order valence-corrected chi connectivity index (χ4v) is 0.894. The maximum absolute atomic E-state index is 11.3. The summed E-state index contributed by atoms with van der Waals surface area (Å²) in [5.41, 5.74) is 0.0796. The molecule has 0 spiro atoms. The maximum Gasteiger partial charge on any atom is 0.273 e. The molecule has 13 heavy (non-hydrogen) atoms. The minimum atomic E-state index is -0.333. The van der Waals surface area contributed by atoms with Gasteiger partial charge in [0.15, 0.2) is 5.69 Å². The lowest BCUT2D eigenvalue weighted by Crippen LogP contribution is -2.24. The summed E-state index contributed by atoms with van der Waals surface area (Å²) < 4.78 is 0. The number of hydrogen-bond donors (Lipinski definition) is 2. The van der Waals surface area contributed by atoms with E-state index in [1.54, 1.807) is 6.07 Å². The van der Waals surface area contributed by atoms with Crippen molar-refractivity contribution in [2.75, 3.05) is 6.54 Å². The number of nitrogens with one attached hydrogen (secondary N) is 1. The quantitative estimate of drug-likeness (QED) is 0.727. The molecule has 1 rings (SSSR count). The molecule has 70 valence electrons. The Morgan fingerprint density at radius 1 is 1.69 bits per heavy atom. The second kappa shape index (κ2) is 4.45. The van der Waals surface area contributed by atoms with Crippen LogP contribution in [0.2, 0.25) is 0 Å². The number of carbonyl (C=O) groups excluding carboxylic acids is 1. The lowest BCUT2D eigenvalue weighted by atomic mass is 10.3. The molecule has 0 saturated heterocycles. The number of hydrogen-bond acceptors (Lipinski definition) is 3. The summed E-state index contributed by atoms with van der Waals surface area (Å²) in [5.74, 6) is -0.420. The van der Waals surface area contributed by atoms with E-state index >= 15 is 0 Å².